The third-order valence-corrected chi connectivity index (χ3v) is 5.57. The molecule has 1 aliphatic heterocycles. The largest absolute Gasteiger partial charge is 0.380 e. The van der Waals surface area contributed by atoms with Gasteiger partial charge in [-0.3, -0.25) is 0 Å². The molecule has 1 saturated heterocycles. The van der Waals surface area contributed by atoms with E-state index in [9.17, 15) is 8.42 Å². The predicted molar refractivity (Wildman–Crippen MR) is 79.5 cm³/mol. The van der Waals surface area contributed by atoms with Crippen molar-refractivity contribution in [2.24, 2.45) is 5.92 Å². The highest BCUT2D eigenvalue weighted by Gasteiger charge is 2.34. The summed E-state index contributed by atoms with van der Waals surface area (Å²) in [5.74, 6) is 0.785. The summed E-state index contributed by atoms with van der Waals surface area (Å²) in [6, 6.07) is 0. The van der Waals surface area contributed by atoms with Crippen molar-refractivity contribution in [3.8, 4) is 0 Å². The quantitative estimate of drug-likeness (QED) is 0.871. The SMILES string of the molecule is CCNc1ncc(S(=O)(=O)N2CCC(C)C(OC)C2)cn1. The number of ether oxygens (including phenoxy) is 1. The summed E-state index contributed by atoms with van der Waals surface area (Å²) >= 11 is 0. The third kappa shape index (κ3) is 3.50. The van der Waals surface area contributed by atoms with Crippen molar-refractivity contribution >= 4 is 16.0 Å². The first-order chi connectivity index (χ1) is 9.98. The summed E-state index contributed by atoms with van der Waals surface area (Å²) in [4.78, 5) is 8.17. The van der Waals surface area contributed by atoms with Crippen LogP contribution in [0.1, 0.15) is 20.3 Å². The predicted octanol–water partition coefficient (Wildman–Crippen LogP) is 0.954. The van der Waals surface area contributed by atoms with Crippen LogP contribution in [0.3, 0.4) is 0 Å². The molecule has 2 atom stereocenters. The molecule has 1 N–H and O–H groups in total. The van der Waals surface area contributed by atoms with Gasteiger partial charge in [-0.05, 0) is 19.3 Å². The zero-order valence-corrected chi connectivity index (χ0v) is 13.4. The van der Waals surface area contributed by atoms with Gasteiger partial charge in [0.05, 0.1) is 18.5 Å². The Hall–Kier alpha value is -1.25. The Kier molecular flexibility index (Phi) is 5.13. The van der Waals surface area contributed by atoms with Crippen molar-refractivity contribution in [3.05, 3.63) is 12.4 Å². The van der Waals surface area contributed by atoms with Gasteiger partial charge >= 0.3 is 0 Å². The molecule has 2 heterocycles. The number of rotatable bonds is 5. The number of hydrogen-bond donors (Lipinski definition) is 1. The number of nitrogens with zero attached hydrogens (tertiary/aromatic N) is 3. The van der Waals surface area contributed by atoms with E-state index in [0.29, 0.717) is 31.5 Å². The first-order valence-corrected chi connectivity index (χ1v) is 8.52. The first-order valence-electron chi connectivity index (χ1n) is 7.08. The molecule has 2 unspecified atom stereocenters. The highest BCUT2D eigenvalue weighted by atomic mass is 32.2. The van der Waals surface area contributed by atoms with E-state index in [1.54, 1.807) is 7.11 Å². The average molecular weight is 314 g/mol. The summed E-state index contributed by atoms with van der Waals surface area (Å²) in [6.45, 7) is 5.55. The average Bonchev–Trinajstić information content (AvgIpc) is 2.48. The van der Waals surface area contributed by atoms with E-state index in [1.807, 2.05) is 6.92 Å². The Bertz CT molecular complexity index is 561. The summed E-state index contributed by atoms with van der Waals surface area (Å²) in [5.41, 5.74) is 0. The van der Waals surface area contributed by atoms with Crippen LogP contribution < -0.4 is 5.32 Å². The molecular formula is C13H22N4O3S. The van der Waals surface area contributed by atoms with E-state index in [2.05, 4.69) is 22.2 Å². The number of nitrogens with one attached hydrogen (secondary N) is 1. The molecule has 0 spiro atoms. The van der Waals surface area contributed by atoms with Crippen LogP contribution in [0.2, 0.25) is 0 Å². The minimum atomic E-state index is -3.56. The van der Waals surface area contributed by atoms with E-state index in [0.717, 1.165) is 6.42 Å². The zero-order chi connectivity index (χ0) is 15.5. The Morgan fingerprint density at radius 3 is 2.67 bits per heavy atom. The lowest BCUT2D eigenvalue weighted by atomic mass is 9.97. The fraction of sp³-hybridized carbons (Fsp3) is 0.692. The minimum Gasteiger partial charge on any atom is -0.380 e. The second kappa shape index (κ2) is 6.67. The molecule has 1 fully saturated rings. The maximum atomic E-state index is 12.6. The molecule has 21 heavy (non-hydrogen) atoms. The Morgan fingerprint density at radius 1 is 1.43 bits per heavy atom. The molecule has 0 radical (unpaired) electrons. The zero-order valence-electron chi connectivity index (χ0n) is 12.6. The van der Waals surface area contributed by atoms with Crippen LogP contribution in [0, 0.1) is 5.92 Å². The van der Waals surface area contributed by atoms with Crippen LogP contribution in [0.15, 0.2) is 17.3 Å². The van der Waals surface area contributed by atoms with Gasteiger partial charge in [-0.25, -0.2) is 18.4 Å². The molecule has 1 aliphatic rings. The Morgan fingerprint density at radius 2 is 2.10 bits per heavy atom. The number of anilines is 1. The van der Waals surface area contributed by atoms with E-state index in [1.165, 1.54) is 16.7 Å². The van der Waals surface area contributed by atoms with Crippen LogP contribution in [-0.4, -0.2) is 55.5 Å². The van der Waals surface area contributed by atoms with Crippen LogP contribution in [-0.2, 0) is 14.8 Å². The number of piperidine rings is 1. The molecule has 0 bridgehead atoms. The number of methoxy groups -OCH3 is 1. The maximum absolute atomic E-state index is 12.6. The summed E-state index contributed by atoms with van der Waals surface area (Å²) in [7, 11) is -1.94. The highest BCUT2D eigenvalue weighted by Crippen LogP contribution is 2.24. The van der Waals surface area contributed by atoms with E-state index in [4.69, 9.17) is 4.74 Å². The molecule has 1 aromatic rings. The fourth-order valence-electron chi connectivity index (χ4n) is 2.38. The van der Waals surface area contributed by atoms with Crippen molar-refractivity contribution in [2.45, 2.75) is 31.3 Å². The Balaban J connectivity index is 2.17. The van der Waals surface area contributed by atoms with Crippen LogP contribution in [0.5, 0.6) is 0 Å². The second-order valence-corrected chi connectivity index (χ2v) is 7.11. The van der Waals surface area contributed by atoms with Crippen molar-refractivity contribution in [1.29, 1.82) is 0 Å². The molecule has 2 rings (SSSR count). The lowest BCUT2D eigenvalue weighted by molar-refractivity contribution is 0.0183. The lowest BCUT2D eigenvalue weighted by Gasteiger charge is -2.35. The van der Waals surface area contributed by atoms with Crippen LogP contribution in [0.25, 0.3) is 0 Å². The van der Waals surface area contributed by atoms with Gasteiger partial charge in [0.15, 0.2) is 0 Å². The summed E-state index contributed by atoms with van der Waals surface area (Å²) < 4.78 is 32.0. The van der Waals surface area contributed by atoms with Gasteiger partial charge < -0.3 is 10.1 Å². The molecular weight excluding hydrogens is 292 g/mol. The third-order valence-electron chi connectivity index (χ3n) is 3.76. The van der Waals surface area contributed by atoms with Gasteiger partial charge in [0.1, 0.15) is 4.90 Å². The van der Waals surface area contributed by atoms with Gasteiger partial charge in [-0.15, -0.1) is 0 Å². The van der Waals surface area contributed by atoms with Gasteiger partial charge in [0.2, 0.25) is 16.0 Å². The molecule has 118 valence electrons. The summed E-state index contributed by atoms with van der Waals surface area (Å²) in [6.07, 6.45) is 3.41. The smallest absolute Gasteiger partial charge is 0.246 e. The number of sulfonamides is 1. The van der Waals surface area contributed by atoms with Gasteiger partial charge in [-0.2, -0.15) is 4.31 Å². The van der Waals surface area contributed by atoms with Gasteiger partial charge in [-0.1, -0.05) is 6.92 Å². The second-order valence-electron chi connectivity index (χ2n) is 5.18. The normalized spacial score (nSPS) is 24.0. The molecule has 0 saturated carbocycles. The first kappa shape index (κ1) is 16.1. The van der Waals surface area contributed by atoms with Crippen LogP contribution >= 0.6 is 0 Å². The van der Waals surface area contributed by atoms with E-state index >= 15 is 0 Å². The molecule has 0 aromatic carbocycles. The topological polar surface area (TPSA) is 84.4 Å². The highest BCUT2D eigenvalue weighted by molar-refractivity contribution is 7.89. The summed E-state index contributed by atoms with van der Waals surface area (Å²) in [5, 5.41) is 2.94. The monoisotopic (exact) mass is 314 g/mol. The van der Waals surface area contributed by atoms with Crippen molar-refractivity contribution in [3.63, 3.8) is 0 Å². The molecule has 0 aliphatic carbocycles. The molecule has 1 aromatic heterocycles. The molecule has 7 nitrogen and oxygen atoms in total. The van der Waals surface area contributed by atoms with Crippen molar-refractivity contribution in [1.82, 2.24) is 14.3 Å². The minimum absolute atomic E-state index is 0.0736. The fourth-order valence-corrected chi connectivity index (χ4v) is 3.74. The maximum Gasteiger partial charge on any atom is 0.246 e. The van der Waals surface area contributed by atoms with Crippen molar-refractivity contribution in [2.75, 3.05) is 32.1 Å². The molecule has 8 heteroatoms. The lowest BCUT2D eigenvalue weighted by Crippen LogP contribution is -2.46. The van der Waals surface area contributed by atoms with E-state index in [-0.39, 0.29) is 11.0 Å². The van der Waals surface area contributed by atoms with Gasteiger partial charge in [0, 0.05) is 26.7 Å². The van der Waals surface area contributed by atoms with Crippen molar-refractivity contribution < 1.29 is 13.2 Å². The van der Waals surface area contributed by atoms with Gasteiger partial charge in [0.25, 0.3) is 0 Å². The Labute approximate surface area is 125 Å². The van der Waals surface area contributed by atoms with Crippen LogP contribution in [0.4, 0.5) is 5.95 Å². The number of hydrogen-bond acceptors (Lipinski definition) is 6. The number of aromatic nitrogens is 2. The van der Waals surface area contributed by atoms with E-state index < -0.39 is 10.0 Å². The standard InChI is InChI=1S/C13H22N4O3S/c1-4-14-13-15-7-11(8-16-13)21(18,19)17-6-5-10(2)12(9-17)20-3/h7-8,10,12H,4-6,9H2,1-3H3,(H,14,15,16). The molecule has 0 amide bonds.